The van der Waals surface area contributed by atoms with Gasteiger partial charge in [-0.1, -0.05) is 35.3 Å². The van der Waals surface area contributed by atoms with Crippen molar-refractivity contribution in [1.29, 1.82) is 0 Å². The van der Waals surface area contributed by atoms with Crippen LogP contribution in [-0.2, 0) is 0 Å². The Morgan fingerprint density at radius 1 is 1.10 bits per heavy atom. The topological polar surface area (TPSA) is 83.6 Å². The number of nitrogens with two attached hydrogens (primary N) is 1. The Kier molecular flexibility index (Phi) is 4.18. The van der Waals surface area contributed by atoms with Gasteiger partial charge in [0, 0.05) is 11.1 Å². The lowest BCUT2D eigenvalue weighted by Crippen LogP contribution is -2.11. The van der Waals surface area contributed by atoms with Gasteiger partial charge in [-0.3, -0.25) is 4.79 Å². The molecule has 2 aromatic carbocycles. The van der Waals surface area contributed by atoms with Gasteiger partial charge in [0.25, 0.3) is 0 Å². The van der Waals surface area contributed by atoms with E-state index in [0.717, 1.165) is 0 Å². The summed E-state index contributed by atoms with van der Waals surface area (Å²) in [7, 11) is 0. The van der Waals surface area contributed by atoms with E-state index < -0.39 is 12.0 Å². The number of aliphatic hydroxyl groups is 1. The van der Waals surface area contributed by atoms with Gasteiger partial charge in [0.15, 0.2) is 0 Å². The summed E-state index contributed by atoms with van der Waals surface area (Å²) >= 11 is 11.9. The van der Waals surface area contributed by atoms with Crippen LogP contribution in [0.25, 0.3) is 0 Å². The predicted octanol–water partition coefficient (Wildman–Crippen LogP) is 2.88. The highest BCUT2D eigenvalue weighted by molar-refractivity contribution is 6.42. The Labute approximate surface area is 125 Å². The van der Waals surface area contributed by atoms with Crippen molar-refractivity contribution >= 4 is 29.1 Å². The number of hydrogen-bond acceptors (Lipinski definition) is 3. The lowest BCUT2D eigenvalue weighted by atomic mass is 9.99. The maximum absolute atomic E-state index is 11.0. The fourth-order valence-corrected chi connectivity index (χ4v) is 2.24. The van der Waals surface area contributed by atoms with Crippen LogP contribution in [0.1, 0.15) is 27.6 Å². The number of phenols is 1. The lowest BCUT2D eigenvalue weighted by molar-refractivity contribution is 0.1000. The van der Waals surface area contributed by atoms with E-state index >= 15 is 0 Å². The Hall–Kier alpha value is -1.75. The van der Waals surface area contributed by atoms with Crippen molar-refractivity contribution in [2.75, 3.05) is 0 Å². The molecule has 4 N–H and O–H groups in total. The summed E-state index contributed by atoms with van der Waals surface area (Å²) in [5, 5.41) is 20.4. The molecule has 2 aromatic rings. The number of aliphatic hydroxyl groups excluding tert-OH is 1. The molecule has 0 radical (unpaired) electrons. The van der Waals surface area contributed by atoms with E-state index in [4.69, 9.17) is 28.9 Å². The normalized spacial score (nSPS) is 12.2. The molecule has 0 aliphatic rings. The number of rotatable bonds is 3. The summed E-state index contributed by atoms with van der Waals surface area (Å²) in [4.78, 5) is 11.0. The molecule has 0 bridgehead atoms. The number of aromatic hydroxyl groups is 1. The zero-order chi connectivity index (χ0) is 14.9. The maximum atomic E-state index is 11.0. The molecule has 2 rings (SSSR count). The number of carbonyl (C=O) groups is 1. The molecule has 1 unspecified atom stereocenters. The molecule has 1 amide bonds. The Morgan fingerprint density at radius 2 is 1.70 bits per heavy atom. The largest absolute Gasteiger partial charge is 0.508 e. The second-order valence-corrected chi connectivity index (χ2v) is 4.97. The van der Waals surface area contributed by atoms with E-state index in [0.29, 0.717) is 11.1 Å². The predicted molar refractivity (Wildman–Crippen MR) is 77.1 cm³/mol. The molecular weight excluding hydrogens is 301 g/mol. The number of amides is 1. The van der Waals surface area contributed by atoms with Gasteiger partial charge in [0.2, 0.25) is 5.91 Å². The van der Waals surface area contributed by atoms with E-state index in [-0.39, 0.29) is 21.4 Å². The van der Waals surface area contributed by atoms with E-state index in [2.05, 4.69) is 0 Å². The summed E-state index contributed by atoms with van der Waals surface area (Å²) in [6, 6.07) is 8.81. The van der Waals surface area contributed by atoms with Crippen LogP contribution in [-0.4, -0.2) is 16.1 Å². The van der Waals surface area contributed by atoms with Gasteiger partial charge in [-0.25, -0.2) is 0 Å². The number of hydrogen-bond donors (Lipinski definition) is 3. The Balaban J connectivity index is 2.43. The monoisotopic (exact) mass is 311 g/mol. The van der Waals surface area contributed by atoms with E-state index in [1.165, 1.54) is 36.4 Å². The molecule has 0 saturated carbocycles. The van der Waals surface area contributed by atoms with Crippen LogP contribution < -0.4 is 5.73 Å². The Morgan fingerprint density at radius 3 is 2.25 bits per heavy atom. The lowest BCUT2D eigenvalue weighted by Gasteiger charge is -2.15. The molecule has 0 aliphatic heterocycles. The van der Waals surface area contributed by atoms with Crippen molar-refractivity contribution in [3.63, 3.8) is 0 Å². The molecule has 6 heteroatoms. The standard InChI is InChI=1S/C14H11Cl2NO3/c15-9-5-6-10(18)11(12(9)16)13(19)7-1-3-8(4-2-7)14(17)20/h1-6,13,18-19H,(H2,17,20). The van der Waals surface area contributed by atoms with Crippen molar-refractivity contribution in [2.24, 2.45) is 5.73 Å². The quantitative estimate of drug-likeness (QED) is 0.815. The molecule has 0 aliphatic carbocycles. The van der Waals surface area contributed by atoms with E-state index in [1.54, 1.807) is 0 Å². The number of benzene rings is 2. The van der Waals surface area contributed by atoms with Gasteiger partial charge >= 0.3 is 0 Å². The SMILES string of the molecule is NC(=O)c1ccc(C(O)c2c(O)ccc(Cl)c2Cl)cc1. The van der Waals surface area contributed by atoms with Gasteiger partial charge in [-0.15, -0.1) is 0 Å². The minimum atomic E-state index is -1.16. The second kappa shape index (κ2) is 5.71. The molecule has 104 valence electrons. The van der Waals surface area contributed by atoms with Crippen LogP contribution >= 0.6 is 23.2 Å². The number of carbonyl (C=O) groups excluding carboxylic acids is 1. The zero-order valence-corrected chi connectivity index (χ0v) is 11.7. The highest BCUT2D eigenvalue weighted by atomic mass is 35.5. The second-order valence-electron chi connectivity index (χ2n) is 4.18. The third kappa shape index (κ3) is 2.72. The molecule has 0 aromatic heterocycles. The van der Waals surface area contributed by atoms with Crippen molar-refractivity contribution in [2.45, 2.75) is 6.10 Å². The fraction of sp³-hybridized carbons (Fsp3) is 0.0714. The Bertz CT molecular complexity index is 656. The van der Waals surface area contributed by atoms with E-state index in [1.807, 2.05) is 0 Å². The summed E-state index contributed by atoms with van der Waals surface area (Å²) in [5.41, 5.74) is 6.03. The maximum Gasteiger partial charge on any atom is 0.248 e. The average Bonchev–Trinajstić information content (AvgIpc) is 2.43. The van der Waals surface area contributed by atoms with Crippen LogP contribution in [0.2, 0.25) is 10.0 Å². The van der Waals surface area contributed by atoms with Gasteiger partial charge in [-0.05, 0) is 29.8 Å². The fourth-order valence-electron chi connectivity index (χ4n) is 1.81. The van der Waals surface area contributed by atoms with Crippen molar-refractivity contribution in [1.82, 2.24) is 0 Å². The summed E-state index contributed by atoms with van der Waals surface area (Å²) in [5.74, 6) is -0.722. The summed E-state index contributed by atoms with van der Waals surface area (Å²) in [6.45, 7) is 0. The van der Waals surface area contributed by atoms with Crippen molar-refractivity contribution < 1.29 is 15.0 Å². The first-order valence-electron chi connectivity index (χ1n) is 5.66. The van der Waals surface area contributed by atoms with Crippen LogP contribution in [0, 0.1) is 0 Å². The van der Waals surface area contributed by atoms with Gasteiger partial charge in [-0.2, -0.15) is 0 Å². The average molecular weight is 312 g/mol. The molecule has 0 spiro atoms. The van der Waals surface area contributed by atoms with Crippen molar-refractivity contribution in [3.8, 4) is 5.75 Å². The number of primary amides is 1. The minimum absolute atomic E-state index is 0.0816. The van der Waals surface area contributed by atoms with Crippen LogP contribution in [0.4, 0.5) is 0 Å². The minimum Gasteiger partial charge on any atom is -0.508 e. The van der Waals surface area contributed by atoms with Gasteiger partial charge < -0.3 is 15.9 Å². The van der Waals surface area contributed by atoms with Crippen LogP contribution in [0.5, 0.6) is 5.75 Å². The first-order chi connectivity index (χ1) is 9.41. The highest BCUT2D eigenvalue weighted by Crippen LogP contribution is 2.39. The molecule has 1 atom stereocenters. The third-order valence-corrected chi connectivity index (χ3v) is 3.71. The third-order valence-electron chi connectivity index (χ3n) is 2.89. The molecule has 0 saturated heterocycles. The molecule has 4 nitrogen and oxygen atoms in total. The first-order valence-corrected chi connectivity index (χ1v) is 6.42. The zero-order valence-electron chi connectivity index (χ0n) is 10.2. The molecule has 0 heterocycles. The summed E-state index contributed by atoms with van der Waals surface area (Å²) < 4.78 is 0. The van der Waals surface area contributed by atoms with Gasteiger partial charge in [0.1, 0.15) is 11.9 Å². The summed E-state index contributed by atoms with van der Waals surface area (Å²) in [6.07, 6.45) is -1.16. The van der Waals surface area contributed by atoms with Crippen molar-refractivity contribution in [3.05, 3.63) is 63.1 Å². The van der Waals surface area contributed by atoms with E-state index in [9.17, 15) is 15.0 Å². The highest BCUT2D eigenvalue weighted by Gasteiger charge is 2.20. The number of phenolic OH excluding ortho intramolecular Hbond substituents is 1. The molecular formula is C14H11Cl2NO3. The molecule has 20 heavy (non-hydrogen) atoms. The van der Waals surface area contributed by atoms with Crippen LogP contribution in [0.15, 0.2) is 36.4 Å². The van der Waals surface area contributed by atoms with Gasteiger partial charge in [0.05, 0.1) is 10.0 Å². The number of halogens is 2. The van der Waals surface area contributed by atoms with Crippen LogP contribution in [0.3, 0.4) is 0 Å². The smallest absolute Gasteiger partial charge is 0.248 e. The molecule has 0 fully saturated rings. The first kappa shape index (κ1) is 14.7.